The molecule has 3 N–H and O–H groups in total. The van der Waals surface area contributed by atoms with Crippen LogP contribution in [0.25, 0.3) is 0 Å². The van der Waals surface area contributed by atoms with Crippen molar-refractivity contribution >= 4 is 59.4 Å². The molecule has 1 heterocycles. The van der Waals surface area contributed by atoms with E-state index in [1.165, 1.54) is 4.68 Å². The van der Waals surface area contributed by atoms with Gasteiger partial charge in [-0.3, -0.25) is 9.48 Å². The molecule has 0 aliphatic carbocycles. The Labute approximate surface area is 140 Å². The number of hydrogen-bond acceptors (Lipinski definition) is 4. The van der Waals surface area contributed by atoms with Crippen LogP contribution in [-0.4, -0.2) is 27.4 Å². The number of nitrogens with zero attached hydrogens (tertiary/aromatic N) is 3. The third-order valence-electron chi connectivity index (χ3n) is 2.37. The number of carbonyl (C=O) groups excluding carboxylic acids is 1. The van der Waals surface area contributed by atoms with Crippen LogP contribution in [0, 0.1) is 0 Å². The molecule has 1 aromatic carbocycles. The number of carbonyl (C=O) groups is 1. The maximum absolute atomic E-state index is 12.1. The largest absolute Gasteiger partial charge is 0.329 e. The van der Waals surface area contributed by atoms with Crippen molar-refractivity contribution in [3.05, 3.63) is 37.4 Å². The summed E-state index contributed by atoms with van der Waals surface area (Å²) >= 11 is 10.2. The van der Waals surface area contributed by atoms with Crippen LogP contribution in [0.15, 0.2) is 31.7 Å². The lowest BCUT2D eigenvalue weighted by Gasteiger charge is -2.09. The Bertz CT molecular complexity index is 620. The summed E-state index contributed by atoms with van der Waals surface area (Å²) in [7, 11) is 0. The average Bonchev–Trinajstić information content (AvgIpc) is 2.82. The summed E-state index contributed by atoms with van der Waals surface area (Å²) in [5, 5.41) is 10.4. The Kier molecular flexibility index (Phi) is 5.30. The smallest absolute Gasteiger partial charge is 0.277 e. The number of nitrogens with two attached hydrogens (primary N) is 1. The molecular formula is C11H10Br3N5O. The van der Waals surface area contributed by atoms with E-state index in [0.717, 1.165) is 13.4 Å². The monoisotopic (exact) mass is 465 g/mol. The van der Waals surface area contributed by atoms with Gasteiger partial charge in [0.2, 0.25) is 0 Å². The molecule has 106 valence electrons. The van der Waals surface area contributed by atoms with Gasteiger partial charge < -0.3 is 11.1 Å². The molecule has 0 aliphatic heterocycles. The van der Waals surface area contributed by atoms with Crippen LogP contribution in [0.4, 0.5) is 5.69 Å². The summed E-state index contributed by atoms with van der Waals surface area (Å²) in [5.41, 5.74) is 6.28. The number of halogens is 3. The molecule has 2 aromatic rings. The number of nitrogens with one attached hydrogen (secondary N) is 1. The fraction of sp³-hybridized carbons (Fsp3) is 0.182. The standard InChI is InChI=1S/C11H10Br3N5O/c12-6-3-7(13)10(8(14)4-6)16-11(20)9-5-19(2-1-15)18-17-9/h3-5H,1-2,15H2,(H,16,20). The lowest BCUT2D eigenvalue weighted by Crippen LogP contribution is -2.13. The lowest BCUT2D eigenvalue weighted by atomic mass is 10.3. The number of anilines is 1. The van der Waals surface area contributed by atoms with Gasteiger partial charge in [-0.15, -0.1) is 5.10 Å². The summed E-state index contributed by atoms with van der Waals surface area (Å²) in [5.74, 6) is -0.336. The highest BCUT2D eigenvalue weighted by Gasteiger charge is 2.15. The Balaban J connectivity index is 2.19. The van der Waals surface area contributed by atoms with Crippen LogP contribution in [0.2, 0.25) is 0 Å². The summed E-state index contributed by atoms with van der Waals surface area (Å²) < 4.78 is 3.92. The Morgan fingerprint density at radius 1 is 1.30 bits per heavy atom. The topological polar surface area (TPSA) is 85.8 Å². The molecule has 0 saturated carbocycles. The van der Waals surface area contributed by atoms with Crippen LogP contribution in [0.1, 0.15) is 10.5 Å². The molecule has 0 radical (unpaired) electrons. The number of rotatable bonds is 4. The second-order valence-electron chi connectivity index (χ2n) is 3.85. The average molecular weight is 468 g/mol. The molecule has 1 aromatic heterocycles. The van der Waals surface area contributed by atoms with Crippen LogP contribution in [0.5, 0.6) is 0 Å². The van der Waals surface area contributed by atoms with Gasteiger partial charge in [-0.2, -0.15) is 0 Å². The second kappa shape index (κ2) is 6.79. The maximum Gasteiger partial charge on any atom is 0.277 e. The maximum atomic E-state index is 12.1. The molecule has 9 heteroatoms. The summed E-state index contributed by atoms with van der Waals surface area (Å²) in [6.07, 6.45) is 1.56. The first-order valence-corrected chi connectivity index (χ1v) is 7.95. The third-order valence-corrected chi connectivity index (χ3v) is 4.08. The normalized spacial score (nSPS) is 10.6. The number of aromatic nitrogens is 3. The molecule has 0 atom stereocenters. The number of amides is 1. The van der Waals surface area contributed by atoms with Gasteiger partial charge in [0.1, 0.15) is 0 Å². The van der Waals surface area contributed by atoms with Crippen molar-refractivity contribution in [1.29, 1.82) is 0 Å². The summed E-state index contributed by atoms with van der Waals surface area (Å²) in [4.78, 5) is 12.1. The van der Waals surface area contributed by atoms with E-state index in [2.05, 4.69) is 63.4 Å². The lowest BCUT2D eigenvalue weighted by molar-refractivity contribution is 0.102. The van der Waals surface area contributed by atoms with Crippen molar-refractivity contribution in [3.8, 4) is 0 Å². The Morgan fingerprint density at radius 2 is 1.95 bits per heavy atom. The molecule has 2 rings (SSSR count). The van der Waals surface area contributed by atoms with Crippen LogP contribution >= 0.6 is 47.8 Å². The van der Waals surface area contributed by atoms with Gasteiger partial charge in [-0.05, 0) is 44.0 Å². The first-order chi connectivity index (χ1) is 9.51. The Hall–Kier alpha value is -0.770. The molecule has 1 amide bonds. The molecular weight excluding hydrogens is 458 g/mol. The summed E-state index contributed by atoms with van der Waals surface area (Å²) in [6, 6.07) is 3.68. The molecule has 0 fully saturated rings. The van der Waals surface area contributed by atoms with Crippen LogP contribution in [0.3, 0.4) is 0 Å². The van der Waals surface area contributed by atoms with Crippen molar-refractivity contribution in [2.75, 3.05) is 11.9 Å². The van der Waals surface area contributed by atoms with Gasteiger partial charge in [0.25, 0.3) is 5.91 Å². The fourth-order valence-electron chi connectivity index (χ4n) is 1.48. The molecule has 6 nitrogen and oxygen atoms in total. The van der Waals surface area contributed by atoms with Gasteiger partial charge in [-0.1, -0.05) is 21.1 Å². The van der Waals surface area contributed by atoms with Crippen molar-refractivity contribution in [3.63, 3.8) is 0 Å². The van der Waals surface area contributed by atoms with Crippen LogP contribution < -0.4 is 11.1 Å². The summed E-state index contributed by atoms with van der Waals surface area (Å²) in [6.45, 7) is 0.959. The molecule has 0 spiro atoms. The van der Waals surface area contributed by atoms with E-state index in [0.29, 0.717) is 18.8 Å². The second-order valence-corrected chi connectivity index (χ2v) is 6.48. The third kappa shape index (κ3) is 3.66. The zero-order valence-electron chi connectivity index (χ0n) is 10.1. The first-order valence-electron chi connectivity index (χ1n) is 5.57. The molecule has 0 saturated heterocycles. The van der Waals surface area contributed by atoms with E-state index in [1.807, 2.05) is 12.1 Å². The van der Waals surface area contributed by atoms with Gasteiger partial charge in [0.15, 0.2) is 5.69 Å². The molecule has 0 unspecified atom stereocenters. The van der Waals surface area contributed by atoms with E-state index in [-0.39, 0.29) is 11.6 Å². The van der Waals surface area contributed by atoms with Crippen LogP contribution in [-0.2, 0) is 6.54 Å². The zero-order chi connectivity index (χ0) is 14.7. The van der Waals surface area contributed by atoms with E-state index in [9.17, 15) is 4.79 Å². The molecule has 20 heavy (non-hydrogen) atoms. The fourth-order valence-corrected chi connectivity index (χ4v) is 3.94. The number of hydrogen-bond donors (Lipinski definition) is 2. The van der Waals surface area contributed by atoms with Crippen molar-refractivity contribution in [2.24, 2.45) is 5.73 Å². The Morgan fingerprint density at radius 3 is 2.55 bits per heavy atom. The van der Waals surface area contributed by atoms with E-state index in [1.54, 1.807) is 6.20 Å². The van der Waals surface area contributed by atoms with Gasteiger partial charge >= 0.3 is 0 Å². The van der Waals surface area contributed by atoms with Crippen molar-refractivity contribution < 1.29 is 4.79 Å². The van der Waals surface area contributed by atoms with Gasteiger partial charge in [0, 0.05) is 20.0 Å². The highest BCUT2D eigenvalue weighted by atomic mass is 79.9. The highest BCUT2D eigenvalue weighted by Crippen LogP contribution is 2.34. The van der Waals surface area contributed by atoms with Crippen molar-refractivity contribution in [1.82, 2.24) is 15.0 Å². The first kappa shape index (κ1) is 15.6. The zero-order valence-corrected chi connectivity index (χ0v) is 14.9. The number of benzene rings is 1. The van der Waals surface area contributed by atoms with E-state index >= 15 is 0 Å². The highest BCUT2D eigenvalue weighted by molar-refractivity contribution is 9.11. The van der Waals surface area contributed by atoms with E-state index in [4.69, 9.17) is 5.73 Å². The minimum atomic E-state index is -0.336. The minimum Gasteiger partial charge on any atom is -0.329 e. The van der Waals surface area contributed by atoms with Crippen molar-refractivity contribution in [2.45, 2.75) is 6.54 Å². The molecule has 0 bridgehead atoms. The van der Waals surface area contributed by atoms with Gasteiger partial charge in [0.05, 0.1) is 18.4 Å². The quantitative estimate of drug-likeness (QED) is 0.724. The van der Waals surface area contributed by atoms with E-state index < -0.39 is 0 Å². The molecule has 0 aliphatic rings. The minimum absolute atomic E-state index is 0.236. The SMILES string of the molecule is NCCn1cc(C(=O)Nc2c(Br)cc(Br)cc2Br)nn1. The predicted molar refractivity (Wildman–Crippen MR) is 86.6 cm³/mol. The van der Waals surface area contributed by atoms with Gasteiger partial charge in [-0.25, -0.2) is 0 Å². The predicted octanol–water partition coefficient (Wildman–Crippen LogP) is 2.78.